The van der Waals surface area contributed by atoms with Crippen LogP contribution in [-0.2, 0) is 46.3 Å². The lowest BCUT2D eigenvalue weighted by Gasteiger charge is -2.21. The third-order valence-corrected chi connectivity index (χ3v) is 16.1. The normalized spacial score (nSPS) is 19.7. The van der Waals surface area contributed by atoms with Gasteiger partial charge in [0.1, 0.15) is 30.7 Å². The number of phosphoric acid groups is 2. The predicted molar refractivity (Wildman–Crippen MR) is 304 cm³/mol. The number of carbonyl (C=O) groups excluding carboxylic acids is 2. The molecule has 1 fully saturated rings. The van der Waals surface area contributed by atoms with Crippen molar-refractivity contribution in [1.29, 1.82) is 0 Å². The lowest BCUT2D eigenvalue weighted by Crippen LogP contribution is -2.36. The lowest BCUT2D eigenvalue weighted by atomic mass is 9.99. The molecule has 2 heterocycles. The molecule has 7 N–H and O–H groups in total. The molecule has 0 spiro atoms. The van der Waals surface area contributed by atoms with Crippen LogP contribution in [0, 0.1) is 5.92 Å². The zero-order valence-electron chi connectivity index (χ0n) is 47.2. The van der Waals surface area contributed by atoms with Gasteiger partial charge in [0, 0.05) is 19.0 Å². The highest BCUT2D eigenvalue weighted by atomic mass is 31.3. The van der Waals surface area contributed by atoms with Crippen molar-refractivity contribution in [3.63, 3.8) is 0 Å². The van der Waals surface area contributed by atoms with Crippen LogP contribution >= 0.6 is 15.6 Å². The van der Waals surface area contributed by atoms with Crippen molar-refractivity contribution >= 4 is 33.4 Å². The molecule has 1 aromatic heterocycles. The van der Waals surface area contributed by atoms with Crippen LogP contribution in [0.4, 0.5) is 5.82 Å². The van der Waals surface area contributed by atoms with Gasteiger partial charge in [-0.1, -0.05) is 204 Å². The second kappa shape index (κ2) is 43.4. The van der Waals surface area contributed by atoms with Gasteiger partial charge in [-0.05, 0) is 56.9 Å². The number of hydrogen-bond acceptors (Lipinski definition) is 16. The molecule has 1 aliphatic rings. The summed E-state index contributed by atoms with van der Waals surface area (Å²) in [7, 11) is -10.9. The molecule has 0 saturated carbocycles. The number of phosphoric ester groups is 2. The fraction of sp³-hybridized carbons (Fsp3) is 0.754. The molecule has 0 radical (unpaired) electrons. The van der Waals surface area contributed by atoms with Gasteiger partial charge in [-0.25, -0.2) is 13.9 Å². The number of anilines is 1. The van der Waals surface area contributed by atoms with Crippen molar-refractivity contribution in [2.75, 3.05) is 25.6 Å². The van der Waals surface area contributed by atoms with Gasteiger partial charge in [-0.15, -0.1) is 0 Å². The van der Waals surface area contributed by atoms with Crippen LogP contribution in [0.15, 0.2) is 65.7 Å². The number of nitrogens with zero attached hydrogens (tertiary/aromatic N) is 2. The molecular weight excluding hydrogens is 1040 g/mol. The first-order valence-electron chi connectivity index (χ1n) is 29.2. The first-order chi connectivity index (χ1) is 37.5. The van der Waals surface area contributed by atoms with Crippen LogP contribution in [0.3, 0.4) is 0 Å². The minimum absolute atomic E-state index is 0.0571. The molecule has 21 heteroatoms. The Bertz CT molecular complexity index is 2030. The van der Waals surface area contributed by atoms with Gasteiger partial charge in [-0.2, -0.15) is 9.29 Å². The van der Waals surface area contributed by atoms with Crippen molar-refractivity contribution in [3.8, 4) is 0 Å². The maximum absolute atomic E-state index is 12.9. The van der Waals surface area contributed by atoms with Crippen molar-refractivity contribution in [2.24, 2.45) is 5.92 Å². The molecular formula is C57H99N3O16P2. The number of nitrogens with two attached hydrogens (primary N) is 1. The van der Waals surface area contributed by atoms with Crippen LogP contribution in [0.25, 0.3) is 0 Å². The number of esters is 2. The van der Waals surface area contributed by atoms with E-state index in [1.807, 2.05) is 30.4 Å². The predicted octanol–water partition coefficient (Wildman–Crippen LogP) is 12.1. The first kappa shape index (κ1) is 70.8. The summed E-state index contributed by atoms with van der Waals surface area (Å²) in [6.07, 6.45) is 39.2. The third kappa shape index (κ3) is 35.4. The summed E-state index contributed by atoms with van der Waals surface area (Å²) >= 11 is 0. The van der Waals surface area contributed by atoms with Crippen LogP contribution < -0.4 is 11.4 Å². The molecule has 0 aliphatic carbocycles. The Hall–Kier alpha value is -3.32. The number of hydrogen-bond donors (Lipinski definition) is 6. The van der Waals surface area contributed by atoms with E-state index in [2.05, 4.69) is 36.1 Å². The minimum atomic E-state index is -5.45. The topological polar surface area (TPSA) is 286 Å². The standard InChI is InChI=1S/C57H99N3O16P2/c1-4-6-7-8-28-33-38-48(61)39-34-29-24-21-22-26-31-36-41-53(63)74-49(44-71-52(62)40-35-30-25-20-18-16-14-12-10-9-11-13-15-17-19-23-27-32-37-47(3)5-2)45-72-77(67,68)76-78(69,70)73-46-50-54(64)55(65)56(75-50)60-43-42-51(58)59-57(60)66/h22,24,26,28-29,33-34,39,42-43,47-50,54-56,61,64-65H,4-21,23,25,27,30-32,35-38,40-41,44-46H2,1-3H3,(H,67,68)(H,69,70)(H2,58,59,66)/b26-22-,29-24-,33-28-,39-34+/t47?,48-,49+,50+,54+,55+,56+/m0/s1. The van der Waals surface area contributed by atoms with Gasteiger partial charge in [0.05, 0.1) is 19.3 Å². The highest BCUT2D eigenvalue weighted by molar-refractivity contribution is 7.61. The fourth-order valence-corrected chi connectivity index (χ4v) is 10.7. The zero-order chi connectivity index (χ0) is 57.3. The molecule has 448 valence electrons. The fourth-order valence-electron chi connectivity index (χ4n) is 8.60. The number of allylic oxidation sites excluding steroid dienone is 6. The van der Waals surface area contributed by atoms with E-state index in [9.17, 15) is 48.6 Å². The van der Waals surface area contributed by atoms with Gasteiger partial charge in [0.25, 0.3) is 0 Å². The van der Waals surface area contributed by atoms with Crippen LogP contribution in [0.5, 0.6) is 0 Å². The van der Waals surface area contributed by atoms with Gasteiger partial charge >= 0.3 is 33.3 Å². The Labute approximate surface area is 465 Å². The van der Waals surface area contributed by atoms with Gasteiger partial charge in [-0.3, -0.25) is 23.2 Å². The Balaban J connectivity index is 1.77. The largest absolute Gasteiger partial charge is 0.481 e. The molecule has 78 heavy (non-hydrogen) atoms. The molecule has 3 unspecified atom stereocenters. The number of aromatic nitrogens is 2. The Kier molecular flexibility index (Phi) is 39.4. The molecule has 9 atom stereocenters. The van der Waals surface area contributed by atoms with Crippen molar-refractivity contribution < 1.29 is 71.4 Å². The van der Waals surface area contributed by atoms with Crippen LogP contribution in [-0.4, -0.2) is 96.9 Å². The van der Waals surface area contributed by atoms with E-state index in [4.69, 9.17) is 29.0 Å². The van der Waals surface area contributed by atoms with E-state index < -0.39 is 89.8 Å². The monoisotopic (exact) mass is 1140 g/mol. The van der Waals surface area contributed by atoms with E-state index in [0.717, 1.165) is 55.2 Å². The number of unbranched alkanes of at least 4 members (excludes halogenated alkanes) is 21. The summed E-state index contributed by atoms with van der Waals surface area (Å²) in [5.41, 5.74) is 4.59. The van der Waals surface area contributed by atoms with E-state index in [-0.39, 0.29) is 18.7 Å². The van der Waals surface area contributed by atoms with E-state index in [0.29, 0.717) is 32.1 Å². The minimum Gasteiger partial charge on any atom is -0.462 e. The summed E-state index contributed by atoms with van der Waals surface area (Å²) in [6, 6.07) is 1.24. The summed E-state index contributed by atoms with van der Waals surface area (Å²) in [5.74, 6) is -0.530. The number of carbonyl (C=O) groups is 2. The average Bonchev–Trinajstić information content (AvgIpc) is 3.74. The van der Waals surface area contributed by atoms with Crippen molar-refractivity contribution in [1.82, 2.24) is 9.55 Å². The number of ether oxygens (including phenoxy) is 3. The summed E-state index contributed by atoms with van der Waals surface area (Å²) in [5, 5.41) is 31.1. The van der Waals surface area contributed by atoms with Crippen molar-refractivity contribution in [2.45, 2.75) is 250 Å². The molecule has 2 rings (SSSR count). The Morgan fingerprint density at radius 1 is 0.731 bits per heavy atom. The van der Waals surface area contributed by atoms with Gasteiger partial charge in [0.2, 0.25) is 0 Å². The Morgan fingerprint density at radius 3 is 1.92 bits per heavy atom. The highest BCUT2D eigenvalue weighted by Crippen LogP contribution is 2.60. The molecule has 0 amide bonds. The SMILES string of the molecule is CCCCC/C=C\C[C@H](O)/C=C/C=C\C/C=C\CCCC(=O)O[C@H](COC(=O)CCCCCCCCCCCCCCCCCCCCC(C)CC)COP(=O)(O)OP(=O)(O)OC[C@H]1O[C@@H](n2ccc(N)nc2=O)[C@H](O)[C@@H]1O. The van der Waals surface area contributed by atoms with Crippen molar-refractivity contribution in [3.05, 3.63) is 71.4 Å². The maximum atomic E-state index is 12.9. The van der Waals surface area contributed by atoms with Crippen LogP contribution in [0.2, 0.25) is 0 Å². The van der Waals surface area contributed by atoms with Gasteiger partial charge in [0.15, 0.2) is 12.3 Å². The molecule has 0 aromatic carbocycles. The van der Waals surface area contributed by atoms with E-state index in [1.165, 1.54) is 115 Å². The Morgan fingerprint density at radius 2 is 1.31 bits per heavy atom. The summed E-state index contributed by atoms with van der Waals surface area (Å²) < 4.78 is 56.9. The first-order valence-corrected chi connectivity index (χ1v) is 32.1. The second-order valence-electron chi connectivity index (χ2n) is 20.6. The summed E-state index contributed by atoms with van der Waals surface area (Å²) in [6.45, 7) is 4.41. The molecule has 1 aromatic rings. The molecule has 1 saturated heterocycles. The molecule has 0 bridgehead atoms. The zero-order valence-corrected chi connectivity index (χ0v) is 49.0. The number of aliphatic hydroxyl groups is 3. The number of rotatable bonds is 48. The van der Waals surface area contributed by atoms with Crippen LogP contribution in [0.1, 0.15) is 220 Å². The maximum Gasteiger partial charge on any atom is 0.481 e. The quantitative estimate of drug-likeness (QED) is 0.0116. The van der Waals surface area contributed by atoms with E-state index >= 15 is 0 Å². The number of nitrogen functional groups attached to an aromatic ring is 1. The lowest BCUT2D eigenvalue weighted by molar-refractivity contribution is -0.161. The smallest absolute Gasteiger partial charge is 0.462 e. The van der Waals surface area contributed by atoms with E-state index in [1.54, 1.807) is 12.2 Å². The summed E-state index contributed by atoms with van der Waals surface area (Å²) in [4.78, 5) is 62.1. The highest BCUT2D eigenvalue weighted by Gasteiger charge is 2.46. The third-order valence-electron chi connectivity index (χ3n) is 13.5. The molecule has 19 nitrogen and oxygen atoms in total. The molecule has 1 aliphatic heterocycles. The average molecular weight is 1140 g/mol. The number of aliphatic hydroxyl groups excluding tert-OH is 3. The second-order valence-corrected chi connectivity index (χ2v) is 23.6. The van der Waals surface area contributed by atoms with Gasteiger partial charge < -0.3 is 45.1 Å².